The normalized spacial score (nSPS) is 20.0. The van der Waals surface area contributed by atoms with Crippen molar-refractivity contribution in [2.24, 2.45) is 5.92 Å². The van der Waals surface area contributed by atoms with Crippen LogP contribution in [0.2, 0.25) is 5.02 Å². The highest BCUT2D eigenvalue weighted by molar-refractivity contribution is 8.00. The molecule has 0 aromatic heterocycles. The minimum absolute atomic E-state index is 0.0486. The van der Waals surface area contributed by atoms with Crippen LogP contribution in [0.3, 0.4) is 0 Å². The lowest BCUT2D eigenvalue weighted by Crippen LogP contribution is -2.52. The first kappa shape index (κ1) is 21.0. The molecule has 0 bridgehead atoms. The Labute approximate surface area is 174 Å². The molecule has 1 aromatic rings. The zero-order chi connectivity index (χ0) is 19.9. The summed E-state index contributed by atoms with van der Waals surface area (Å²) in [6, 6.07) is 6.72. The van der Waals surface area contributed by atoms with Crippen LogP contribution in [0.5, 0.6) is 0 Å². The lowest BCUT2D eigenvalue weighted by molar-refractivity contribution is -0.143. The number of hydrogen-bond donors (Lipinski definition) is 2. The second kappa shape index (κ2) is 10.2. The summed E-state index contributed by atoms with van der Waals surface area (Å²) in [5, 5.41) is 0.643. The summed E-state index contributed by atoms with van der Waals surface area (Å²) >= 11 is 7.20. The van der Waals surface area contributed by atoms with Crippen LogP contribution in [-0.4, -0.2) is 41.0 Å². The molecule has 3 amide bonds. The SMILES string of the molecule is O=C(CSc1ccc(Cl)cc1)NNC(=O)C1CCCN1C(=O)C1CCCCC1. The number of nitrogens with zero attached hydrogens (tertiary/aromatic N) is 1. The molecule has 1 aliphatic carbocycles. The van der Waals surface area contributed by atoms with Crippen LogP contribution in [0.15, 0.2) is 29.2 Å². The summed E-state index contributed by atoms with van der Waals surface area (Å²) in [4.78, 5) is 39.9. The molecule has 0 spiro atoms. The molecule has 3 rings (SSSR count). The molecule has 2 aliphatic rings. The van der Waals surface area contributed by atoms with Crippen molar-refractivity contribution in [3.8, 4) is 0 Å². The van der Waals surface area contributed by atoms with E-state index in [-0.39, 0.29) is 29.4 Å². The highest BCUT2D eigenvalue weighted by Crippen LogP contribution is 2.28. The average Bonchev–Trinajstić information content (AvgIpc) is 3.21. The highest BCUT2D eigenvalue weighted by atomic mass is 35.5. The Morgan fingerprint density at radius 2 is 1.71 bits per heavy atom. The number of likely N-dealkylation sites (tertiary alicyclic amines) is 1. The highest BCUT2D eigenvalue weighted by Gasteiger charge is 2.37. The van der Waals surface area contributed by atoms with Gasteiger partial charge in [-0.3, -0.25) is 25.2 Å². The second-order valence-corrected chi connectivity index (χ2v) is 8.79. The topological polar surface area (TPSA) is 78.5 Å². The molecule has 152 valence electrons. The van der Waals surface area contributed by atoms with Crippen LogP contribution < -0.4 is 10.9 Å². The number of rotatable bonds is 5. The van der Waals surface area contributed by atoms with E-state index in [0.717, 1.165) is 37.0 Å². The minimum Gasteiger partial charge on any atom is -0.330 e. The van der Waals surface area contributed by atoms with Gasteiger partial charge in [0.05, 0.1) is 5.75 Å². The third-order valence-electron chi connectivity index (χ3n) is 5.30. The van der Waals surface area contributed by atoms with Gasteiger partial charge in [-0.05, 0) is 49.9 Å². The predicted octanol–water partition coefficient (Wildman–Crippen LogP) is 3.15. The maximum atomic E-state index is 12.8. The molecular weight excluding hydrogens is 398 g/mol. The third-order valence-corrected chi connectivity index (χ3v) is 6.57. The zero-order valence-corrected chi connectivity index (χ0v) is 17.4. The van der Waals surface area contributed by atoms with Crippen LogP contribution in [0.4, 0.5) is 0 Å². The first-order valence-electron chi connectivity index (χ1n) is 9.82. The van der Waals surface area contributed by atoms with Gasteiger partial charge in [0, 0.05) is 22.4 Å². The molecule has 28 heavy (non-hydrogen) atoms. The van der Waals surface area contributed by atoms with Crippen LogP contribution in [-0.2, 0) is 14.4 Å². The third kappa shape index (κ3) is 5.64. The van der Waals surface area contributed by atoms with Gasteiger partial charge in [-0.15, -0.1) is 11.8 Å². The number of hydrogen-bond acceptors (Lipinski definition) is 4. The van der Waals surface area contributed by atoms with Gasteiger partial charge in [0.1, 0.15) is 6.04 Å². The molecular formula is C20H26ClN3O3S. The van der Waals surface area contributed by atoms with Crippen molar-refractivity contribution in [3.63, 3.8) is 0 Å². The molecule has 2 fully saturated rings. The second-order valence-electron chi connectivity index (χ2n) is 7.30. The first-order valence-corrected chi connectivity index (χ1v) is 11.2. The van der Waals surface area contributed by atoms with E-state index in [4.69, 9.17) is 11.6 Å². The Morgan fingerprint density at radius 3 is 2.43 bits per heavy atom. The number of hydrazine groups is 1. The molecule has 1 saturated carbocycles. The Bertz CT molecular complexity index is 707. The molecule has 0 radical (unpaired) electrons. The first-order chi connectivity index (χ1) is 13.5. The fourth-order valence-electron chi connectivity index (χ4n) is 3.82. The van der Waals surface area contributed by atoms with Gasteiger partial charge in [-0.1, -0.05) is 30.9 Å². The van der Waals surface area contributed by atoms with Crippen LogP contribution >= 0.6 is 23.4 Å². The largest absolute Gasteiger partial charge is 0.330 e. The van der Waals surface area contributed by atoms with Crippen molar-refractivity contribution in [2.75, 3.05) is 12.3 Å². The van der Waals surface area contributed by atoms with Gasteiger partial charge in [0.25, 0.3) is 5.91 Å². The van der Waals surface area contributed by atoms with Crippen molar-refractivity contribution in [1.82, 2.24) is 15.8 Å². The molecule has 8 heteroatoms. The van der Waals surface area contributed by atoms with E-state index in [0.29, 0.717) is 18.0 Å². The summed E-state index contributed by atoms with van der Waals surface area (Å²) in [5.41, 5.74) is 4.95. The van der Waals surface area contributed by atoms with E-state index in [2.05, 4.69) is 10.9 Å². The fourth-order valence-corrected chi connectivity index (χ4v) is 4.64. The number of nitrogens with one attached hydrogen (secondary N) is 2. The van der Waals surface area contributed by atoms with E-state index in [1.807, 2.05) is 12.1 Å². The van der Waals surface area contributed by atoms with Crippen molar-refractivity contribution in [1.29, 1.82) is 0 Å². The minimum atomic E-state index is -0.487. The number of halogens is 1. The van der Waals surface area contributed by atoms with Crippen molar-refractivity contribution >= 4 is 41.1 Å². The summed E-state index contributed by atoms with van der Waals surface area (Å²) in [7, 11) is 0. The van der Waals surface area contributed by atoms with Gasteiger partial charge in [0.2, 0.25) is 11.8 Å². The lowest BCUT2D eigenvalue weighted by Gasteiger charge is -2.30. The van der Waals surface area contributed by atoms with E-state index >= 15 is 0 Å². The molecule has 1 unspecified atom stereocenters. The van der Waals surface area contributed by atoms with Gasteiger partial charge in [0.15, 0.2) is 0 Å². The smallest absolute Gasteiger partial charge is 0.261 e. The monoisotopic (exact) mass is 423 g/mol. The van der Waals surface area contributed by atoms with E-state index in [1.165, 1.54) is 18.2 Å². The molecule has 1 heterocycles. The number of carbonyl (C=O) groups excluding carboxylic acids is 3. The zero-order valence-electron chi connectivity index (χ0n) is 15.8. The molecule has 2 N–H and O–H groups in total. The summed E-state index contributed by atoms with van der Waals surface area (Å²) in [6.45, 7) is 0.619. The van der Waals surface area contributed by atoms with E-state index in [1.54, 1.807) is 17.0 Å². The van der Waals surface area contributed by atoms with E-state index < -0.39 is 6.04 Å². The molecule has 1 atom stereocenters. The molecule has 1 aromatic carbocycles. The van der Waals surface area contributed by atoms with Gasteiger partial charge in [-0.25, -0.2) is 0 Å². The average molecular weight is 424 g/mol. The number of benzene rings is 1. The summed E-state index contributed by atoms with van der Waals surface area (Å²) in [6.07, 6.45) is 6.65. The fraction of sp³-hybridized carbons (Fsp3) is 0.550. The Balaban J connectivity index is 1.44. The lowest BCUT2D eigenvalue weighted by atomic mass is 9.88. The van der Waals surface area contributed by atoms with E-state index in [9.17, 15) is 14.4 Å². The Kier molecular flexibility index (Phi) is 7.62. The number of thioether (sulfide) groups is 1. The summed E-state index contributed by atoms with van der Waals surface area (Å²) in [5.74, 6) is -0.283. The molecule has 1 aliphatic heterocycles. The Hall–Kier alpha value is -1.73. The van der Waals surface area contributed by atoms with Crippen LogP contribution in [0.25, 0.3) is 0 Å². The molecule has 1 saturated heterocycles. The van der Waals surface area contributed by atoms with Gasteiger partial charge >= 0.3 is 0 Å². The van der Waals surface area contributed by atoms with Crippen LogP contribution in [0.1, 0.15) is 44.9 Å². The quantitative estimate of drug-likeness (QED) is 0.563. The number of carbonyl (C=O) groups is 3. The van der Waals surface area contributed by atoms with Gasteiger partial charge in [-0.2, -0.15) is 0 Å². The number of amides is 3. The van der Waals surface area contributed by atoms with Crippen molar-refractivity contribution in [3.05, 3.63) is 29.3 Å². The van der Waals surface area contributed by atoms with Crippen molar-refractivity contribution in [2.45, 2.75) is 55.9 Å². The summed E-state index contributed by atoms with van der Waals surface area (Å²) < 4.78 is 0. The van der Waals surface area contributed by atoms with Crippen molar-refractivity contribution < 1.29 is 14.4 Å². The Morgan fingerprint density at radius 1 is 1.00 bits per heavy atom. The van der Waals surface area contributed by atoms with Crippen LogP contribution in [0, 0.1) is 5.92 Å². The maximum Gasteiger partial charge on any atom is 0.261 e. The predicted molar refractivity (Wildman–Crippen MR) is 110 cm³/mol. The van der Waals surface area contributed by atoms with Gasteiger partial charge < -0.3 is 4.90 Å². The maximum absolute atomic E-state index is 12.8. The standard InChI is InChI=1S/C20H26ClN3O3S/c21-15-8-10-16(11-9-15)28-13-18(25)22-23-19(26)17-7-4-12-24(17)20(27)14-5-2-1-3-6-14/h8-11,14,17H,1-7,12-13H2,(H,22,25)(H,23,26). The molecule has 6 nitrogen and oxygen atoms in total.